The molecule has 5 rings (SSSR count). The number of primary amides is 1. The van der Waals surface area contributed by atoms with Gasteiger partial charge in [-0.05, 0) is 53.1 Å². The van der Waals surface area contributed by atoms with Crippen molar-refractivity contribution in [1.82, 2.24) is 15.0 Å². The fourth-order valence-electron chi connectivity index (χ4n) is 7.41. The van der Waals surface area contributed by atoms with Crippen LogP contribution in [0.15, 0.2) is 35.6 Å². The predicted octanol–water partition coefficient (Wildman–Crippen LogP) is 6.87. The van der Waals surface area contributed by atoms with Gasteiger partial charge in [0, 0.05) is 42.0 Å². The average Bonchev–Trinajstić information content (AvgIpc) is 3.54. The van der Waals surface area contributed by atoms with Crippen molar-refractivity contribution in [2.45, 2.75) is 82.2 Å². The zero-order valence-corrected chi connectivity index (χ0v) is 31.0. The number of nitrogens with two attached hydrogens (primary N) is 1. The van der Waals surface area contributed by atoms with E-state index in [1.807, 2.05) is 0 Å². The average molecular weight is 708 g/mol. The van der Waals surface area contributed by atoms with Crippen molar-refractivity contribution in [2.24, 2.45) is 5.73 Å². The summed E-state index contributed by atoms with van der Waals surface area (Å²) in [7, 11) is -0.828. The number of pyridine rings is 1. The van der Waals surface area contributed by atoms with Crippen LogP contribution < -0.4 is 15.4 Å². The van der Waals surface area contributed by atoms with Crippen molar-refractivity contribution in [1.29, 1.82) is 0 Å². The van der Waals surface area contributed by atoms with E-state index in [0.717, 1.165) is 0 Å². The number of aromatic nitrogens is 3. The van der Waals surface area contributed by atoms with Gasteiger partial charge in [0.05, 0.1) is 10.9 Å². The maximum Gasteiger partial charge on any atom is 0.343 e. The molecule has 2 unspecified atom stereocenters. The molecule has 4 aromatic rings. The van der Waals surface area contributed by atoms with Gasteiger partial charge in [0.25, 0.3) is 0 Å². The van der Waals surface area contributed by atoms with Gasteiger partial charge in [0.1, 0.15) is 49.0 Å². The van der Waals surface area contributed by atoms with Crippen LogP contribution in [0.2, 0.25) is 16.6 Å². The van der Waals surface area contributed by atoms with Gasteiger partial charge in [-0.15, -0.1) is 5.54 Å². The topological polar surface area (TPSA) is 127 Å². The SMILES string of the molecule is COCOc1cc(-c2nc(N3CCCC3C(N)=O)c3cnc([S+](C)[O-])nc3c2F)c2c(C#C[Si](C(C)C)(C(C)C)C(C)C)c(F)ccc2c1. The summed E-state index contributed by atoms with van der Waals surface area (Å²) < 4.78 is 56.5. The monoisotopic (exact) mass is 707 g/mol. The van der Waals surface area contributed by atoms with E-state index in [2.05, 4.69) is 63.0 Å². The summed E-state index contributed by atoms with van der Waals surface area (Å²) in [5, 5.41) is 1.07. The Balaban J connectivity index is 1.92. The molecular formula is C36H43F2N5O4SSi. The minimum atomic E-state index is -2.31. The maximum atomic E-state index is 17.0. The summed E-state index contributed by atoms with van der Waals surface area (Å²) in [4.78, 5) is 27.6. The molecule has 2 N–H and O–H groups in total. The molecule has 0 bridgehead atoms. The van der Waals surface area contributed by atoms with E-state index >= 15 is 8.78 Å². The fraction of sp³-hybridized carbons (Fsp3) is 0.444. The number of rotatable bonds is 10. The van der Waals surface area contributed by atoms with E-state index in [1.165, 1.54) is 25.6 Å². The summed E-state index contributed by atoms with van der Waals surface area (Å²) in [6.07, 6.45) is 3.91. The number of hydrogen-bond donors (Lipinski definition) is 1. The van der Waals surface area contributed by atoms with Gasteiger partial charge in [-0.2, -0.15) is 9.97 Å². The third kappa shape index (κ3) is 6.71. The third-order valence-electron chi connectivity index (χ3n) is 9.66. The highest BCUT2D eigenvalue weighted by atomic mass is 32.2. The molecule has 49 heavy (non-hydrogen) atoms. The fourth-order valence-corrected chi connectivity index (χ4v) is 13.0. The number of benzene rings is 2. The molecule has 9 nitrogen and oxygen atoms in total. The lowest BCUT2D eigenvalue weighted by atomic mass is 9.95. The van der Waals surface area contributed by atoms with E-state index in [0.29, 0.717) is 52.5 Å². The zero-order chi connectivity index (χ0) is 35.8. The number of halogens is 2. The Morgan fingerprint density at radius 1 is 1.14 bits per heavy atom. The van der Waals surface area contributed by atoms with Gasteiger partial charge in [0.15, 0.2) is 12.6 Å². The molecule has 0 aliphatic carbocycles. The Labute approximate surface area is 290 Å². The van der Waals surface area contributed by atoms with Gasteiger partial charge in [-0.1, -0.05) is 53.5 Å². The first-order chi connectivity index (χ1) is 23.2. The van der Waals surface area contributed by atoms with Gasteiger partial charge in [-0.3, -0.25) is 4.79 Å². The Hall–Kier alpha value is -3.83. The van der Waals surface area contributed by atoms with Crippen LogP contribution in [-0.4, -0.2) is 66.2 Å². The van der Waals surface area contributed by atoms with E-state index < -0.39 is 42.8 Å². The molecule has 1 fully saturated rings. The van der Waals surface area contributed by atoms with Crippen LogP contribution in [0.25, 0.3) is 32.9 Å². The number of methoxy groups -OCH3 is 1. The number of fused-ring (bicyclic) bond motifs is 2. The molecule has 0 spiro atoms. The molecule has 0 saturated carbocycles. The second-order valence-electron chi connectivity index (χ2n) is 13.4. The van der Waals surface area contributed by atoms with E-state index in [4.69, 9.17) is 20.2 Å². The lowest BCUT2D eigenvalue weighted by molar-refractivity contribution is -0.119. The second-order valence-corrected chi connectivity index (χ2v) is 20.3. The summed E-state index contributed by atoms with van der Waals surface area (Å²) in [6.45, 7) is 13.4. The Bertz CT molecular complexity index is 1940. The van der Waals surface area contributed by atoms with E-state index in [9.17, 15) is 9.35 Å². The van der Waals surface area contributed by atoms with Crippen LogP contribution in [0.4, 0.5) is 14.6 Å². The summed E-state index contributed by atoms with van der Waals surface area (Å²) in [5.41, 5.74) is 10.3. The summed E-state index contributed by atoms with van der Waals surface area (Å²) in [6, 6.07) is 5.57. The molecule has 2 aromatic heterocycles. The van der Waals surface area contributed by atoms with E-state index in [1.54, 1.807) is 23.1 Å². The second kappa shape index (κ2) is 14.6. The smallest absolute Gasteiger partial charge is 0.343 e. The lowest BCUT2D eigenvalue weighted by Gasteiger charge is -2.38. The van der Waals surface area contributed by atoms with Crippen molar-refractivity contribution in [3.8, 4) is 28.5 Å². The van der Waals surface area contributed by atoms with Gasteiger partial charge in [0.2, 0.25) is 5.91 Å². The standard InChI is InChI=1S/C36H43F2N5O4SSi/c1-20(2)49(21(3)4,22(5)6)15-13-25-28(37)12-11-23-16-24(47-19-46-7)17-26(30(23)25)32-31(38)33-27(18-40-36(42-33)48(8)45)35(41-32)43-14-9-10-29(43)34(39)44/h11-12,16-18,20-22,29H,9-10,14,19H2,1-8H3,(H2,39,44). The maximum absolute atomic E-state index is 17.0. The highest BCUT2D eigenvalue weighted by Crippen LogP contribution is 2.43. The molecule has 1 saturated heterocycles. The number of hydrogen-bond acceptors (Lipinski definition) is 8. The van der Waals surface area contributed by atoms with Crippen molar-refractivity contribution < 1.29 is 27.6 Å². The number of nitrogens with zero attached hydrogens (tertiary/aromatic N) is 4. The van der Waals surface area contributed by atoms with Crippen LogP contribution in [0.1, 0.15) is 59.9 Å². The van der Waals surface area contributed by atoms with Crippen LogP contribution >= 0.6 is 0 Å². The van der Waals surface area contributed by atoms with Crippen molar-refractivity contribution in [3.05, 3.63) is 47.7 Å². The minimum absolute atomic E-state index is 0.0700. The van der Waals surface area contributed by atoms with Crippen LogP contribution in [0, 0.1) is 23.1 Å². The molecule has 2 aromatic carbocycles. The molecule has 1 aliphatic heterocycles. The van der Waals surface area contributed by atoms with E-state index in [-0.39, 0.29) is 45.5 Å². The molecule has 0 radical (unpaired) electrons. The Kier molecular flexibility index (Phi) is 10.8. The predicted molar refractivity (Wildman–Crippen MR) is 193 cm³/mol. The highest BCUT2D eigenvalue weighted by Gasteiger charge is 2.42. The van der Waals surface area contributed by atoms with Crippen molar-refractivity contribution >= 4 is 52.7 Å². The number of ether oxygens (including phenoxy) is 2. The van der Waals surface area contributed by atoms with Gasteiger partial charge < -0.3 is 24.7 Å². The highest BCUT2D eigenvalue weighted by molar-refractivity contribution is 7.90. The number of carbonyl (C=O) groups excluding carboxylic acids is 1. The normalized spacial score (nSPS) is 15.8. The lowest BCUT2D eigenvalue weighted by Crippen LogP contribution is -2.43. The minimum Gasteiger partial charge on any atom is -0.609 e. The first-order valence-electron chi connectivity index (χ1n) is 16.4. The zero-order valence-electron chi connectivity index (χ0n) is 29.2. The van der Waals surface area contributed by atoms with Crippen LogP contribution in [0.5, 0.6) is 5.75 Å². The van der Waals surface area contributed by atoms with Crippen molar-refractivity contribution in [3.63, 3.8) is 0 Å². The number of amides is 1. The molecule has 13 heteroatoms. The van der Waals surface area contributed by atoms with Crippen LogP contribution in [0.3, 0.4) is 0 Å². The van der Waals surface area contributed by atoms with Gasteiger partial charge >= 0.3 is 5.16 Å². The van der Waals surface area contributed by atoms with Crippen LogP contribution in [-0.2, 0) is 20.7 Å². The summed E-state index contributed by atoms with van der Waals surface area (Å²) >= 11 is -1.62. The molecule has 3 heterocycles. The quantitative estimate of drug-likeness (QED) is 0.0623. The summed E-state index contributed by atoms with van der Waals surface area (Å²) in [5.74, 6) is 1.93. The van der Waals surface area contributed by atoms with Gasteiger partial charge in [-0.25, -0.2) is 13.8 Å². The Morgan fingerprint density at radius 3 is 2.45 bits per heavy atom. The number of carbonyl (C=O) groups is 1. The van der Waals surface area contributed by atoms with Crippen molar-refractivity contribution in [2.75, 3.05) is 31.6 Å². The molecule has 1 aliphatic rings. The molecular weight excluding hydrogens is 665 g/mol. The molecule has 260 valence electrons. The third-order valence-corrected chi connectivity index (χ3v) is 16.7. The largest absolute Gasteiger partial charge is 0.609 e. The molecule has 1 amide bonds. The number of anilines is 1. The first kappa shape index (κ1) is 36.4. The molecule has 2 atom stereocenters. The Morgan fingerprint density at radius 2 is 1.84 bits per heavy atom. The first-order valence-corrected chi connectivity index (χ1v) is 20.2.